The highest BCUT2D eigenvalue weighted by atomic mass is 35.5. The zero-order valence-corrected chi connectivity index (χ0v) is 17.3. The molecule has 2 aromatic rings. The molecule has 0 bridgehead atoms. The van der Waals surface area contributed by atoms with E-state index >= 15 is 0 Å². The van der Waals surface area contributed by atoms with E-state index in [-0.39, 0.29) is 6.54 Å². The Morgan fingerprint density at radius 1 is 1.27 bits per heavy atom. The van der Waals surface area contributed by atoms with E-state index < -0.39 is 6.10 Å². The van der Waals surface area contributed by atoms with Crippen molar-refractivity contribution in [3.05, 3.63) is 44.9 Å². The maximum absolute atomic E-state index is 10.4. The molecule has 1 aromatic carbocycles. The van der Waals surface area contributed by atoms with Crippen LogP contribution in [0.1, 0.15) is 24.3 Å². The SMILES string of the molecule is CCNC(=NCc1csc(N(C)C)n1)NCC(O)c1cc(Cl)cc(Cl)c1. The maximum atomic E-state index is 10.4. The molecule has 1 heterocycles. The molecule has 26 heavy (non-hydrogen) atoms. The van der Waals surface area contributed by atoms with Crippen molar-refractivity contribution in [2.45, 2.75) is 19.6 Å². The molecule has 0 saturated carbocycles. The first-order valence-electron chi connectivity index (χ1n) is 8.17. The lowest BCUT2D eigenvalue weighted by molar-refractivity contribution is 0.181. The number of aliphatic hydroxyl groups is 1. The number of hydrogen-bond acceptors (Lipinski definition) is 5. The van der Waals surface area contributed by atoms with E-state index in [0.717, 1.165) is 10.8 Å². The molecule has 0 amide bonds. The van der Waals surface area contributed by atoms with E-state index in [1.54, 1.807) is 29.5 Å². The number of aliphatic hydroxyl groups excluding tert-OH is 1. The van der Waals surface area contributed by atoms with Crippen molar-refractivity contribution in [2.24, 2.45) is 4.99 Å². The molecule has 1 unspecified atom stereocenters. The number of thiazole rings is 1. The van der Waals surface area contributed by atoms with Crippen molar-refractivity contribution in [3.63, 3.8) is 0 Å². The lowest BCUT2D eigenvalue weighted by Crippen LogP contribution is -2.39. The highest BCUT2D eigenvalue weighted by Crippen LogP contribution is 2.23. The van der Waals surface area contributed by atoms with Gasteiger partial charge in [-0.3, -0.25) is 0 Å². The fraction of sp³-hybridized carbons (Fsp3) is 0.412. The van der Waals surface area contributed by atoms with Crippen LogP contribution in [0, 0.1) is 0 Å². The van der Waals surface area contributed by atoms with Gasteiger partial charge in [0.25, 0.3) is 0 Å². The zero-order valence-electron chi connectivity index (χ0n) is 15.0. The van der Waals surface area contributed by atoms with Crippen molar-refractivity contribution >= 4 is 45.6 Å². The van der Waals surface area contributed by atoms with Crippen LogP contribution in [0.15, 0.2) is 28.6 Å². The molecular formula is C17H23Cl2N5OS. The van der Waals surface area contributed by atoms with Crippen LogP contribution in [0.3, 0.4) is 0 Å². The third-order valence-corrected chi connectivity index (χ3v) is 4.89. The Morgan fingerprint density at radius 3 is 2.54 bits per heavy atom. The van der Waals surface area contributed by atoms with E-state index in [4.69, 9.17) is 23.2 Å². The molecule has 1 aromatic heterocycles. The lowest BCUT2D eigenvalue weighted by Gasteiger charge is -2.16. The molecule has 0 aliphatic carbocycles. The Kier molecular flexibility index (Phi) is 7.96. The van der Waals surface area contributed by atoms with Gasteiger partial charge in [-0.05, 0) is 30.7 Å². The molecule has 0 spiro atoms. The number of aliphatic imine (C=N–C) groups is 1. The van der Waals surface area contributed by atoms with Crippen molar-refractivity contribution in [1.29, 1.82) is 0 Å². The number of anilines is 1. The Bertz CT molecular complexity index is 730. The van der Waals surface area contributed by atoms with Crippen LogP contribution in [0.25, 0.3) is 0 Å². The Balaban J connectivity index is 1.97. The molecule has 2 rings (SSSR count). The van der Waals surface area contributed by atoms with Gasteiger partial charge in [0.2, 0.25) is 0 Å². The third-order valence-electron chi connectivity index (χ3n) is 3.40. The summed E-state index contributed by atoms with van der Waals surface area (Å²) >= 11 is 13.6. The summed E-state index contributed by atoms with van der Waals surface area (Å²) in [5.41, 5.74) is 1.55. The molecule has 6 nitrogen and oxygen atoms in total. The molecule has 142 valence electrons. The highest BCUT2D eigenvalue weighted by molar-refractivity contribution is 7.13. The van der Waals surface area contributed by atoms with Gasteiger partial charge < -0.3 is 20.6 Å². The molecule has 3 N–H and O–H groups in total. The second kappa shape index (κ2) is 9.97. The maximum Gasteiger partial charge on any atom is 0.191 e. The zero-order chi connectivity index (χ0) is 19.1. The normalized spacial score (nSPS) is 12.8. The Labute approximate surface area is 167 Å². The van der Waals surface area contributed by atoms with Gasteiger partial charge in [0.15, 0.2) is 11.1 Å². The Morgan fingerprint density at radius 2 is 1.96 bits per heavy atom. The second-order valence-electron chi connectivity index (χ2n) is 5.81. The van der Waals surface area contributed by atoms with Crippen LogP contribution >= 0.6 is 34.5 Å². The first kappa shape index (κ1) is 20.8. The number of nitrogens with zero attached hydrogens (tertiary/aromatic N) is 3. The van der Waals surface area contributed by atoms with Crippen molar-refractivity contribution < 1.29 is 5.11 Å². The first-order chi connectivity index (χ1) is 12.4. The van der Waals surface area contributed by atoms with Crippen molar-refractivity contribution in [3.8, 4) is 0 Å². The van der Waals surface area contributed by atoms with Crippen molar-refractivity contribution in [1.82, 2.24) is 15.6 Å². The number of guanidine groups is 1. The van der Waals surface area contributed by atoms with Gasteiger partial charge in [0, 0.05) is 42.6 Å². The predicted molar refractivity (Wildman–Crippen MR) is 111 cm³/mol. The molecule has 0 fully saturated rings. The molecule has 0 aliphatic heterocycles. The van der Waals surface area contributed by atoms with Crippen LogP contribution in [-0.4, -0.2) is 43.2 Å². The van der Waals surface area contributed by atoms with Gasteiger partial charge in [-0.1, -0.05) is 23.2 Å². The topological polar surface area (TPSA) is 72.8 Å². The monoisotopic (exact) mass is 415 g/mol. The summed E-state index contributed by atoms with van der Waals surface area (Å²) in [6.45, 7) is 3.43. The number of halogens is 2. The third kappa shape index (κ3) is 6.32. The van der Waals surface area contributed by atoms with E-state index in [9.17, 15) is 5.11 Å². The van der Waals surface area contributed by atoms with Gasteiger partial charge in [0.1, 0.15) is 0 Å². The molecule has 0 radical (unpaired) electrons. The predicted octanol–water partition coefficient (Wildman–Crippen LogP) is 3.30. The fourth-order valence-corrected chi connectivity index (χ4v) is 3.45. The minimum absolute atomic E-state index is 0.280. The van der Waals surface area contributed by atoms with E-state index in [1.807, 2.05) is 31.3 Å². The number of nitrogens with one attached hydrogen (secondary N) is 2. The van der Waals surface area contributed by atoms with Crippen LogP contribution < -0.4 is 15.5 Å². The number of aromatic nitrogens is 1. The highest BCUT2D eigenvalue weighted by Gasteiger charge is 2.11. The van der Waals surface area contributed by atoms with Crippen LogP contribution in [0.4, 0.5) is 5.13 Å². The standard InChI is InChI=1S/C17H23Cl2N5OS/c1-4-20-16(21-8-14-10-26-17(23-14)24(2)3)22-9-15(25)11-5-12(18)7-13(19)6-11/h5-7,10,15,25H,4,8-9H2,1-3H3,(H2,20,21,22). The molecule has 0 saturated heterocycles. The van der Waals surface area contributed by atoms with Gasteiger partial charge in [0.05, 0.1) is 18.3 Å². The van der Waals surface area contributed by atoms with Gasteiger partial charge in [-0.25, -0.2) is 9.98 Å². The summed E-state index contributed by atoms with van der Waals surface area (Å²) in [4.78, 5) is 11.0. The number of rotatable bonds is 7. The average Bonchev–Trinajstić information content (AvgIpc) is 3.05. The van der Waals surface area contributed by atoms with Crippen LogP contribution in [-0.2, 0) is 6.54 Å². The molecule has 0 aliphatic rings. The van der Waals surface area contributed by atoms with Crippen molar-refractivity contribution in [2.75, 3.05) is 32.1 Å². The summed E-state index contributed by atoms with van der Waals surface area (Å²) in [6, 6.07) is 5.03. The molecule has 9 heteroatoms. The van der Waals surface area contributed by atoms with E-state index in [2.05, 4.69) is 20.6 Å². The lowest BCUT2D eigenvalue weighted by atomic mass is 10.1. The number of hydrogen-bond donors (Lipinski definition) is 3. The summed E-state index contributed by atoms with van der Waals surface area (Å²) < 4.78 is 0. The van der Waals surface area contributed by atoms with E-state index in [1.165, 1.54) is 0 Å². The van der Waals surface area contributed by atoms with Gasteiger partial charge >= 0.3 is 0 Å². The summed E-state index contributed by atoms with van der Waals surface area (Å²) in [5, 5.41) is 20.6. The summed E-state index contributed by atoms with van der Waals surface area (Å²) in [6.07, 6.45) is -0.755. The Hall–Kier alpha value is -1.54. The molecular weight excluding hydrogens is 393 g/mol. The minimum atomic E-state index is -0.755. The second-order valence-corrected chi connectivity index (χ2v) is 7.52. The largest absolute Gasteiger partial charge is 0.387 e. The fourth-order valence-electron chi connectivity index (χ4n) is 2.15. The van der Waals surface area contributed by atoms with Crippen LogP contribution in [0.5, 0.6) is 0 Å². The smallest absolute Gasteiger partial charge is 0.191 e. The minimum Gasteiger partial charge on any atom is -0.387 e. The summed E-state index contributed by atoms with van der Waals surface area (Å²) in [7, 11) is 3.92. The molecule has 1 atom stereocenters. The van der Waals surface area contributed by atoms with Gasteiger partial charge in [-0.15, -0.1) is 11.3 Å². The number of benzene rings is 1. The van der Waals surface area contributed by atoms with Gasteiger partial charge in [-0.2, -0.15) is 0 Å². The van der Waals surface area contributed by atoms with Crippen LogP contribution in [0.2, 0.25) is 10.0 Å². The average molecular weight is 416 g/mol. The first-order valence-corrected chi connectivity index (χ1v) is 9.80. The summed E-state index contributed by atoms with van der Waals surface area (Å²) in [5.74, 6) is 0.610. The quantitative estimate of drug-likeness (QED) is 0.477. The van der Waals surface area contributed by atoms with E-state index in [0.29, 0.717) is 34.7 Å².